The molecule has 2 heterocycles. The predicted molar refractivity (Wildman–Crippen MR) is 210 cm³/mol. The van der Waals surface area contributed by atoms with Crippen molar-refractivity contribution in [1.82, 2.24) is 19.4 Å². The fourth-order valence-electron chi connectivity index (χ4n) is 6.13. The van der Waals surface area contributed by atoms with E-state index in [1.807, 2.05) is 12.2 Å². The van der Waals surface area contributed by atoms with Crippen LogP contribution in [0.2, 0.25) is 0 Å². The van der Waals surface area contributed by atoms with Gasteiger partial charge in [-0.25, -0.2) is 17.8 Å². The summed E-state index contributed by atoms with van der Waals surface area (Å²) >= 11 is 0. The van der Waals surface area contributed by atoms with Gasteiger partial charge < -0.3 is 14.6 Å². The van der Waals surface area contributed by atoms with Crippen LogP contribution < -0.4 is 4.72 Å². The summed E-state index contributed by atoms with van der Waals surface area (Å²) in [6.07, 6.45) is 28.8. The van der Waals surface area contributed by atoms with Crippen LogP contribution in [0.3, 0.4) is 0 Å². The topological polar surface area (TPSA) is 189 Å². The highest BCUT2D eigenvalue weighted by Gasteiger charge is 2.26. The molecule has 0 saturated carbocycles. The number of nitrogens with zero attached hydrogens (tertiary/aromatic N) is 5. The Morgan fingerprint density at radius 1 is 0.855 bits per heavy atom. The van der Waals surface area contributed by atoms with Gasteiger partial charge in [0, 0.05) is 18.0 Å². The van der Waals surface area contributed by atoms with Crippen LogP contribution in [0.15, 0.2) is 83.8 Å². The number of aromatic nitrogens is 2. The largest absolute Gasteiger partial charge is 0.314 e. The molecule has 2 aromatic rings. The molecule has 55 heavy (non-hydrogen) atoms. The number of hydrogen-bond donors (Lipinski definition) is 1. The van der Waals surface area contributed by atoms with Crippen LogP contribution in [0.4, 0.5) is 0 Å². The number of unbranched alkanes of at least 4 members (excludes halogenated alkanes) is 5. The number of hydrogen-bond acceptors (Lipinski definition) is 11. The van der Waals surface area contributed by atoms with E-state index in [1.165, 1.54) is 31.4 Å². The van der Waals surface area contributed by atoms with E-state index in [2.05, 4.69) is 67.8 Å². The number of carbonyl (C=O) groups is 1. The third-order valence-electron chi connectivity index (χ3n) is 9.05. The quantitative estimate of drug-likeness (QED) is 0.0404. The minimum Gasteiger partial charge on any atom is -0.314 e. The highest BCUT2D eigenvalue weighted by molar-refractivity contribution is 7.90. The summed E-state index contributed by atoms with van der Waals surface area (Å²) in [5.74, 6) is -0.509. The number of carbonyl (C=O) groups excluding carboxylic acids is 1. The molecule has 0 atom stereocenters. The van der Waals surface area contributed by atoms with Crippen molar-refractivity contribution >= 4 is 15.9 Å². The maximum atomic E-state index is 13.0. The molecule has 0 unspecified atom stereocenters. The lowest BCUT2D eigenvalue weighted by Gasteiger charge is -2.32. The zero-order chi connectivity index (χ0) is 39.7. The lowest BCUT2D eigenvalue weighted by molar-refractivity contribution is -0.763. The van der Waals surface area contributed by atoms with Crippen molar-refractivity contribution in [3.05, 3.63) is 111 Å². The molecule has 15 nitrogen and oxygen atoms in total. The molecule has 1 fully saturated rings. The summed E-state index contributed by atoms with van der Waals surface area (Å²) < 4.78 is 29.8. The molecule has 1 aromatic carbocycles. The van der Waals surface area contributed by atoms with Gasteiger partial charge in [-0.2, -0.15) is 5.10 Å². The molecule has 1 N–H and O–H groups in total. The first-order valence-corrected chi connectivity index (χ1v) is 20.7. The van der Waals surface area contributed by atoms with E-state index >= 15 is 0 Å². The molecule has 1 aromatic heterocycles. The van der Waals surface area contributed by atoms with Crippen LogP contribution in [0.25, 0.3) is 5.69 Å². The average Bonchev–Trinajstić information content (AvgIpc) is 3.59. The molecule has 1 amide bonds. The number of allylic oxidation sites excluding steroid dienone is 8. The van der Waals surface area contributed by atoms with Gasteiger partial charge in [-0.3, -0.25) is 4.79 Å². The summed E-state index contributed by atoms with van der Waals surface area (Å²) in [5, 5.41) is 24.0. The first-order valence-electron chi connectivity index (χ1n) is 19.2. The predicted octanol–water partition coefficient (Wildman–Crippen LogP) is 7.70. The van der Waals surface area contributed by atoms with Gasteiger partial charge in [-0.1, -0.05) is 68.4 Å². The highest BCUT2D eigenvalue weighted by atomic mass is 32.2. The van der Waals surface area contributed by atoms with Crippen LogP contribution in [0.1, 0.15) is 114 Å². The van der Waals surface area contributed by atoms with Gasteiger partial charge in [0.25, 0.3) is 20.2 Å². The Bertz CT molecular complexity index is 1700. The lowest BCUT2D eigenvalue weighted by Crippen LogP contribution is -2.34. The molecule has 1 aliphatic heterocycles. The summed E-state index contributed by atoms with van der Waals surface area (Å²) in [7, 11) is -4.10. The fraction of sp³-hybridized carbons (Fsp3) is 0.538. The second kappa shape index (κ2) is 25.3. The van der Waals surface area contributed by atoms with Crippen LogP contribution in [-0.4, -0.2) is 65.4 Å². The van der Waals surface area contributed by atoms with Gasteiger partial charge in [-0.05, 0) is 121 Å². The van der Waals surface area contributed by atoms with E-state index in [4.69, 9.17) is 0 Å². The third-order valence-corrected chi connectivity index (χ3v) is 10.4. The molecule has 0 radical (unpaired) electrons. The first kappa shape index (κ1) is 44.6. The van der Waals surface area contributed by atoms with E-state index in [9.17, 15) is 33.4 Å². The molecule has 0 aliphatic carbocycles. The molecule has 0 bridgehead atoms. The van der Waals surface area contributed by atoms with Crippen molar-refractivity contribution in [3.8, 4) is 5.69 Å². The fourth-order valence-corrected chi connectivity index (χ4v) is 7.14. The van der Waals surface area contributed by atoms with Crippen molar-refractivity contribution in [1.29, 1.82) is 0 Å². The first-order chi connectivity index (χ1) is 26.6. The Hall–Kier alpha value is -4.83. The van der Waals surface area contributed by atoms with E-state index < -0.39 is 26.1 Å². The van der Waals surface area contributed by atoms with Crippen molar-refractivity contribution < 1.29 is 33.1 Å². The molecular weight excluding hydrogens is 729 g/mol. The van der Waals surface area contributed by atoms with Crippen molar-refractivity contribution in [2.24, 2.45) is 0 Å². The van der Waals surface area contributed by atoms with Crippen LogP contribution in [0, 0.1) is 20.2 Å². The maximum absolute atomic E-state index is 13.0. The van der Waals surface area contributed by atoms with Gasteiger partial charge in [0.1, 0.15) is 6.61 Å². The Morgan fingerprint density at radius 2 is 1.45 bits per heavy atom. The molecule has 302 valence electrons. The Balaban J connectivity index is 1.45. The smallest absolute Gasteiger partial charge is 0.294 e. The van der Waals surface area contributed by atoms with Crippen molar-refractivity contribution in [3.63, 3.8) is 0 Å². The average molecular weight is 785 g/mol. The number of nitrogens with one attached hydrogen (secondary N) is 1. The number of piperidine rings is 1. The van der Waals surface area contributed by atoms with E-state index in [0.717, 1.165) is 70.3 Å². The lowest BCUT2D eigenvalue weighted by atomic mass is 9.93. The molecule has 16 heteroatoms. The summed E-state index contributed by atoms with van der Waals surface area (Å²) in [6.45, 7) is 4.30. The minimum atomic E-state index is -4.10. The third kappa shape index (κ3) is 17.9. The monoisotopic (exact) mass is 784 g/mol. The normalized spacial score (nSPS) is 14.4. The Kier molecular flexibility index (Phi) is 20.5. The number of amides is 1. The number of sulfonamides is 1. The van der Waals surface area contributed by atoms with Crippen LogP contribution >= 0.6 is 0 Å². The second-order valence-corrected chi connectivity index (χ2v) is 15.0. The molecule has 1 aliphatic rings. The van der Waals surface area contributed by atoms with Gasteiger partial charge in [0.05, 0.1) is 22.9 Å². The number of rotatable bonds is 27. The summed E-state index contributed by atoms with van der Waals surface area (Å²) in [5.41, 5.74) is 1.73. The molecule has 0 spiro atoms. The summed E-state index contributed by atoms with van der Waals surface area (Å²) in [6, 6.07) is 7.73. The van der Waals surface area contributed by atoms with Gasteiger partial charge in [-0.15, -0.1) is 20.2 Å². The zero-order valence-corrected chi connectivity index (χ0v) is 32.7. The highest BCUT2D eigenvalue weighted by Crippen LogP contribution is 2.31. The standard InChI is InChI=1S/C39H56N6O9S/c1-2-3-4-5-6-7-8-9-10-11-12-13-14-15-16-17-18-21-39(46)41-55(51,52)37-24-22-36(23-25-37)43-38(32-35(40-43)33-54-45(49)50)34-26-29-42(30-27-34)28-19-20-31-53-44(47)48/h6-7,9-10,12-13,15-16,22-25,32,34H,2-5,8,11,14,17-21,26-31,33H2,1H3,(H,41,46)/b7-6-,10-9-,13-12-,16-15-. The van der Waals surface area contributed by atoms with Crippen molar-refractivity contribution in [2.75, 3.05) is 26.2 Å². The van der Waals surface area contributed by atoms with Gasteiger partial charge >= 0.3 is 0 Å². The minimum absolute atomic E-state index is 0.0653. The van der Waals surface area contributed by atoms with Crippen LogP contribution in [-0.2, 0) is 31.1 Å². The Labute approximate surface area is 324 Å². The molecule has 1 saturated heterocycles. The second-order valence-electron chi connectivity index (χ2n) is 13.4. The van der Waals surface area contributed by atoms with E-state index in [1.54, 1.807) is 22.9 Å². The number of benzene rings is 1. The van der Waals surface area contributed by atoms with Gasteiger partial charge in [0.2, 0.25) is 5.91 Å². The summed E-state index contributed by atoms with van der Waals surface area (Å²) in [4.78, 5) is 44.8. The zero-order valence-electron chi connectivity index (χ0n) is 31.8. The SMILES string of the molecule is CCCCC/C=C\C/C=C\C/C=C\C/C=C\CCCC(=O)NS(=O)(=O)c1ccc(-n2nc(CO[N+](=O)[O-])cc2C2CCN(CCCCO[N+](=O)[O-])CC2)cc1. The maximum Gasteiger partial charge on any atom is 0.294 e. The molecule has 3 rings (SSSR count). The van der Waals surface area contributed by atoms with Crippen molar-refractivity contribution in [2.45, 2.75) is 114 Å². The Morgan fingerprint density at radius 3 is 2.05 bits per heavy atom. The van der Waals surface area contributed by atoms with Crippen LogP contribution in [0.5, 0.6) is 0 Å². The number of likely N-dealkylation sites (tertiary alicyclic amines) is 1. The van der Waals surface area contributed by atoms with E-state index in [-0.39, 0.29) is 30.4 Å². The van der Waals surface area contributed by atoms with E-state index in [0.29, 0.717) is 30.6 Å². The van der Waals surface area contributed by atoms with Gasteiger partial charge in [0.15, 0.2) is 0 Å². The molecular formula is C39H56N6O9S.